The van der Waals surface area contributed by atoms with E-state index in [2.05, 4.69) is 101 Å². The van der Waals surface area contributed by atoms with Crippen molar-refractivity contribution in [1.82, 2.24) is 19.5 Å². The second kappa shape index (κ2) is 8.48. The van der Waals surface area contributed by atoms with E-state index >= 15 is 0 Å². The Hall–Kier alpha value is -2.87. The third kappa shape index (κ3) is 3.70. The van der Waals surface area contributed by atoms with Crippen LogP contribution in [0.25, 0.3) is 11.2 Å². The molecule has 2 aromatic carbocycles. The number of imidazole rings is 1. The smallest absolute Gasteiger partial charge is 0.261 e. The van der Waals surface area contributed by atoms with Crippen LogP contribution in [0.4, 0.5) is 0 Å². The normalized spacial score (nSPS) is 18.9. The van der Waals surface area contributed by atoms with E-state index in [9.17, 15) is 5.11 Å². The van der Waals surface area contributed by atoms with Crippen molar-refractivity contribution in [3.05, 3.63) is 79.0 Å². The predicted molar refractivity (Wildman–Crippen MR) is 132 cm³/mol. The van der Waals surface area contributed by atoms with Crippen LogP contribution in [-0.2, 0) is 11.0 Å². The first kappa shape index (κ1) is 21.9. The number of aromatic nitrogens is 4. The quantitative estimate of drug-likeness (QED) is 0.447. The molecule has 1 saturated carbocycles. The highest BCUT2D eigenvalue weighted by Crippen LogP contribution is 2.43. The molecule has 1 aliphatic carbocycles. The number of fused-ring (bicyclic) bond motifs is 1. The average molecular weight is 459 g/mol. The summed E-state index contributed by atoms with van der Waals surface area (Å²) >= 11 is 0. The topological polar surface area (TPSA) is 73.1 Å². The summed E-state index contributed by atoms with van der Waals surface area (Å²) in [6, 6.07) is 21.7. The summed E-state index contributed by atoms with van der Waals surface area (Å²) in [5, 5.41) is 12.4. The van der Waals surface area contributed by atoms with Crippen molar-refractivity contribution in [2.75, 3.05) is 0 Å². The van der Waals surface area contributed by atoms with Gasteiger partial charge in [-0.25, -0.2) is 15.0 Å². The van der Waals surface area contributed by atoms with Crippen LogP contribution in [0.5, 0.6) is 0 Å². The van der Waals surface area contributed by atoms with Crippen molar-refractivity contribution in [3.63, 3.8) is 0 Å². The van der Waals surface area contributed by atoms with Crippen LogP contribution in [0.1, 0.15) is 45.5 Å². The molecule has 0 aliphatic heterocycles. The second-order valence-corrected chi connectivity index (χ2v) is 14.1. The lowest BCUT2D eigenvalue weighted by molar-refractivity contribution is 0.0600. The highest BCUT2D eigenvalue weighted by Gasteiger charge is 2.53. The molecule has 0 unspecified atom stereocenters. The molecule has 1 aliphatic rings. The van der Waals surface area contributed by atoms with Gasteiger partial charge in [0, 0.05) is 12.1 Å². The number of benzene rings is 2. The lowest BCUT2D eigenvalue weighted by Gasteiger charge is -2.49. The molecule has 33 heavy (non-hydrogen) atoms. The molecular formula is C26H30N4O2Si. The maximum Gasteiger partial charge on any atom is 0.261 e. The van der Waals surface area contributed by atoms with Gasteiger partial charge in [0.05, 0.1) is 6.20 Å². The molecule has 170 valence electrons. The van der Waals surface area contributed by atoms with Crippen molar-refractivity contribution < 1.29 is 9.53 Å². The Balaban J connectivity index is 1.49. The van der Waals surface area contributed by atoms with E-state index < -0.39 is 8.32 Å². The zero-order chi connectivity index (χ0) is 23.1. The molecule has 0 bridgehead atoms. The van der Waals surface area contributed by atoms with Gasteiger partial charge in [0.15, 0.2) is 5.65 Å². The first-order chi connectivity index (χ1) is 15.9. The van der Waals surface area contributed by atoms with E-state index in [1.165, 1.54) is 16.7 Å². The van der Waals surface area contributed by atoms with Gasteiger partial charge >= 0.3 is 0 Å². The van der Waals surface area contributed by atoms with Gasteiger partial charge in [0.25, 0.3) is 8.32 Å². The minimum Gasteiger partial charge on any atom is -0.404 e. The van der Waals surface area contributed by atoms with E-state index in [1.807, 2.05) is 0 Å². The number of hydrogen-bond acceptors (Lipinski definition) is 5. The van der Waals surface area contributed by atoms with Gasteiger partial charge in [-0.3, -0.25) is 0 Å². The molecule has 2 aromatic heterocycles. The number of aliphatic hydroxyl groups is 1. The fourth-order valence-corrected chi connectivity index (χ4v) is 9.88. The van der Waals surface area contributed by atoms with Crippen molar-refractivity contribution in [2.45, 2.75) is 57.4 Å². The van der Waals surface area contributed by atoms with E-state index in [0.29, 0.717) is 5.82 Å². The summed E-state index contributed by atoms with van der Waals surface area (Å²) in [7, 11) is -2.57. The lowest BCUT2D eigenvalue weighted by atomic mass is 9.89. The minimum atomic E-state index is -2.57. The molecule has 5 rings (SSSR count). The van der Waals surface area contributed by atoms with Crippen LogP contribution in [0.3, 0.4) is 0 Å². The Morgan fingerprint density at radius 3 is 2.15 bits per heavy atom. The number of hydrogen-bond donors (Lipinski definition) is 1. The van der Waals surface area contributed by atoms with Gasteiger partial charge in [-0.05, 0) is 28.3 Å². The molecule has 0 saturated heterocycles. The second-order valence-electron chi connectivity index (χ2n) is 9.82. The molecule has 0 amide bonds. The molecule has 0 spiro atoms. The summed E-state index contributed by atoms with van der Waals surface area (Å²) in [5.74, 6) is 0.638. The monoisotopic (exact) mass is 458 g/mol. The van der Waals surface area contributed by atoms with Gasteiger partial charge < -0.3 is 14.1 Å². The van der Waals surface area contributed by atoms with E-state index in [-0.39, 0.29) is 23.8 Å². The highest BCUT2D eigenvalue weighted by molar-refractivity contribution is 6.99. The zero-order valence-electron chi connectivity index (χ0n) is 19.3. The van der Waals surface area contributed by atoms with Crippen LogP contribution >= 0.6 is 0 Å². The molecule has 4 aromatic rings. The Morgan fingerprint density at radius 1 is 1.00 bits per heavy atom. The minimum absolute atomic E-state index is 0.0496. The van der Waals surface area contributed by atoms with Gasteiger partial charge in [0.2, 0.25) is 0 Å². The Labute approximate surface area is 195 Å². The maximum atomic E-state index is 9.89. The molecule has 2 heterocycles. The maximum absolute atomic E-state index is 9.89. The Kier molecular flexibility index (Phi) is 5.64. The van der Waals surface area contributed by atoms with Crippen molar-refractivity contribution in [2.24, 2.45) is 0 Å². The van der Waals surface area contributed by atoms with Gasteiger partial charge in [-0.2, -0.15) is 0 Å². The number of nitrogens with zero attached hydrogens (tertiary/aromatic N) is 4. The zero-order valence-corrected chi connectivity index (χ0v) is 20.3. The van der Waals surface area contributed by atoms with Crippen molar-refractivity contribution in [3.8, 4) is 0 Å². The summed E-state index contributed by atoms with van der Waals surface area (Å²) in [6.45, 7) is 6.80. The molecule has 1 N–H and O–H groups in total. The lowest BCUT2D eigenvalue weighted by Crippen LogP contribution is -2.68. The molecule has 0 radical (unpaired) electrons. The third-order valence-corrected chi connectivity index (χ3v) is 11.9. The first-order valence-electron chi connectivity index (χ1n) is 11.5. The fourth-order valence-electron chi connectivity index (χ4n) is 5.18. The molecule has 0 atom stereocenters. The van der Waals surface area contributed by atoms with Crippen LogP contribution in [0, 0.1) is 0 Å². The van der Waals surface area contributed by atoms with E-state index in [0.717, 1.165) is 24.0 Å². The van der Waals surface area contributed by atoms with Crippen LogP contribution in [0.15, 0.2) is 73.2 Å². The van der Waals surface area contributed by atoms with Crippen LogP contribution < -0.4 is 10.4 Å². The van der Waals surface area contributed by atoms with Crippen molar-refractivity contribution in [1.29, 1.82) is 0 Å². The fraction of sp³-hybridized carbons (Fsp3) is 0.346. The molecular weight excluding hydrogens is 428 g/mol. The highest BCUT2D eigenvalue weighted by atomic mass is 28.4. The third-order valence-electron chi connectivity index (χ3n) is 6.77. The summed E-state index contributed by atoms with van der Waals surface area (Å²) < 4.78 is 9.31. The molecule has 1 fully saturated rings. The first-order valence-corrected chi connectivity index (χ1v) is 13.4. The Morgan fingerprint density at radius 2 is 1.61 bits per heavy atom. The van der Waals surface area contributed by atoms with Crippen LogP contribution in [0.2, 0.25) is 5.04 Å². The summed E-state index contributed by atoms with van der Waals surface area (Å²) in [4.78, 5) is 13.0. The van der Waals surface area contributed by atoms with Gasteiger partial charge in [-0.15, -0.1) is 0 Å². The van der Waals surface area contributed by atoms with E-state index in [4.69, 9.17) is 4.43 Å². The number of rotatable bonds is 6. The van der Waals surface area contributed by atoms with E-state index in [1.54, 1.807) is 6.20 Å². The van der Waals surface area contributed by atoms with Gasteiger partial charge in [-0.1, -0.05) is 81.4 Å². The standard InChI is InChI=1S/C26H30N4O2Si/c1-26(2,3)33(21-10-6-4-7-11-21,22-12-8-5-9-13-22)32-20-14-19(15-20)30-24(17-31)29-23-16-27-18-28-25(23)30/h4-13,16,18-20,31H,14-15,17H2,1-3H3. The summed E-state index contributed by atoms with van der Waals surface area (Å²) in [6.07, 6.45) is 5.11. The van der Waals surface area contributed by atoms with Crippen LogP contribution in [-0.4, -0.2) is 39.0 Å². The Bertz CT molecular complexity index is 1190. The molecule has 6 nitrogen and oxygen atoms in total. The average Bonchev–Trinajstić information content (AvgIpc) is 3.17. The largest absolute Gasteiger partial charge is 0.404 e. The SMILES string of the molecule is CC(C)(C)[Si](OC1CC(n2c(CO)nc3cncnc32)C1)(c1ccccc1)c1ccccc1. The van der Waals surface area contributed by atoms with Gasteiger partial charge in [0.1, 0.15) is 24.3 Å². The predicted octanol–water partition coefficient (Wildman–Crippen LogP) is 3.60. The summed E-state index contributed by atoms with van der Waals surface area (Å²) in [5.41, 5.74) is 1.50. The molecule has 7 heteroatoms. The van der Waals surface area contributed by atoms with Crippen molar-refractivity contribution >= 4 is 29.9 Å². The number of aliphatic hydroxyl groups excluding tert-OH is 1.